The Morgan fingerprint density at radius 3 is 3.11 bits per heavy atom. The van der Waals surface area contributed by atoms with E-state index in [2.05, 4.69) is 4.98 Å². The number of ether oxygens (including phenoxy) is 2. The molecule has 0 amide bonds. The van der Waals surface area contributed by atoms with Crippen LogP contribution in [0.3, 0.4) is 0 Å². The van der Waals surface area contributed by atoms with Crippen molar-refractivity contribution in [2.24, 2.45) is 0 Å². The monoisotopic (exact) mass is 383 g/mol. The maximum absolute atomic E-state index is 11.7. The van der Waals surface area contributed by atoms with Crippen LogP contribution in [0.4, 0.5) is 5.82 Å². The van der Waals surface area contributed by atoms with Gasteiger partial charge in [-0.05, 0) is 0 Å². The van der Waals surface area contributed by atoms with E-state index in [1.807, 2.05) is 0 Å². The number of hydrogen-bond donors (Lipinski definition) is 2. The Balaban J connectivity index is 2.24. The first-order chi connectivity index (χ1) is 9.06. The lowest BCUT2D eigenvalue weighted by Gasteiger charge is -2.15. The van der Waals surface area contributed by atoms with Crippen LogP contribution in [0.5, 0.6) is 5.75 Å². The van der Waals surface area contributed by atoms with Gasteiger partial charge in [0.1, 0.15) is 41.4 Å². The molecule has 1 aromatic heterocycles. The summed E-state index contributed by atoms with van der Waals surface area (Å²) in [6, 6.07) is 0. The Kier molecular flexibility index (Phi) is 4.60. The highest BCUT2D eigenvalue weighted by Crippen LogP contribution is 2.32. The van der Waals surface area contributed by atoms with E-state index in [1.54, 1.807) is 30.1 Å². The van der Waals surface area contributed by atoms with Crippen molar-refractivity contribution in [1.82, 2.24) is 9.55 Å². The van der Waals surface area contributed by atoms with E-state index in [9.17, 15) is 9.90 Å². The number of nitrogen functional groups attached to an aromatic ring is 1. The number of nitrogens with two attached hydrogens (primary N) is 1. The number of aromatic nitrogens is 2. The molecule has 19 heavy (non-hydrogen) atoms. The lowest BCUT2D eigenvalue weighted by molar-refractivity contribution is -0.0470. The smallest absolute Gasteiger partial charge is 0.351 e. The van der Waals surface area contributed by atoms with E-state index in [4.69, 9.17) is 18.3 Å². The van der Waals surface area contributed by atoms with Gasteiger partial charge in [-0.2, -0.15) is 4.98 Å². The molecule has 0 aromatic carbocycles. The quantitative estimate of drug-likeness (QED) is 0.715. The fourth-order valence-corrected chi connectivity index (χ4v) is 2.49. The molecule has 0 spiro atoms. The zero-order valence-corrected chi connectivity index (χ0v) is 12.3. The Morgan fingerprint density at radius 2 is 2.47 bits per heavy atom. The highest BCUT2D eigenvalue weighted by Gasteiger charge is 2.37. The van der Waals surface area contributed by atoms with E-state index in [1.165, 1.54) is 10.8 Å². The van der Waals surface area contributed by atoms with Crippen LogP contribution in [0.2, 0.25) is 0 Å². The van der Waals surface area contributed by atoms with Crippen molar-refractivity contribution in [3.8, 4) is 5.75 Å². The maximum Gasteiger partial charge on any atom is 0.351 e. The van der Waals surface area contributed by atoms with Crippen molar-refractivity contribution in [3.63, 3.8) is 0 Å². The topological polar surface area (TPSA) is 109 Å². The van der Waals surface area contributed by atoms with Gasteiger partial charge in [-0.15, -0.1) is 0 Å². The number of methoxy groups -OCH3 is 1. The molecule has 0 radical (unpaired) electrons. The van der Waals surface area contributed by atoms with E-state index < -0.39 is 11.9 Å². The first kappa shape index (κ1) is 14.5. The third-order valence-electron chi connectivity index (χ3n) is 2.90. The molecule has 1 aliphatic rings. The number of rotatable bonds is 4. The van der Waals surface area contributed by atoms with Crippen molar-refractivity contribution < 1.29 is 17.6 Å². The fraction of sp³-hybridized carbons (Fsp3) is 0.600. The average Bonchev–Trinajstić information content (AvgIpc) is 2.77. The second-order valence-corrected chi connectivity index (χ2v) is 4.66. The summed E-state index contributed by atoms with van der Waals surface area (Å²) in [4.78, 5) is 15.3. The van der Waals surface area contributed by atoms with Gasteiger partial charge in [0.15, 0.2) is 11.6 Å². The van der Waals surface area contributed by atoms with E-state index >= 15 is 0 Å². The summed E-state index contributed by atoms with van der Waals surface area (Å²) in [5, 5.41) is 9.52. The molecule has 1 aliphatic heterocycles. The van der Waals surface area contributed by atoms with Gasteiger partial charge in [-0.3, -0.25) is 4.57 Å². The van der Waals surface area contributed by atoms with Gasteiger partial charge in [0, 0.05) is 13.5 Å². The van der Waals surface area contributed by atoms with Crippen molar-refractivity contribution in [2.75, 3.05) is 19.5 Å². The summed E-state index contributed by atoms with van der Waals surface area (Å²) in [6.45, 7) is 0.354. The summed E-state index contributed by atoms with van der Waals surface area (Å²) in [5.41, 5.74) is 4.78. The van der Waals surface area contributed by atoms with E-state index in [0.717, 1.165) is 0 Å². The summed E-state index contributed by atoms with van der Waals surface area (Å²) in [6.07, 6.45) is 0.637. The van der Waals surface area contributed by atoms with Crippen LogP contribution in [0.15, 0.2) is 11.0 Å². The normalized spacial score (nSPS) is 26.7. The van der Waals surface area contributed by atoms with Gasteiger partial charge in [0.2, 0.25) is 0 Å². The van der Waals surface area contributed by atoms with Gasteiger partial charge in [0.25, 0.3) is 0 Å². The van der Waals surface area contributed by atoms with Gasteiger partial charge in [-0.25, -0.2) is 4.79 Å². The summed E-state index contributed by atoms with van der Waals surface area (Å²) in [7, 11) is 1.56. The maximum atomic E-state index is 11.7. The molecule has 106 valence electrons. The van der Waals surface area contributed by atoms with Crippen LogP contribution in [-0.2, 0) is 12.5 Å². The van der Waals surface area contributed by atoms with Crippen LogP contribution in [-0.4, -0.2) is 40.6 Å². The van der Waals surface area contributed by atoms with Crippen LogP contribution in [0, 0.1) is 0 Å². The molecular formula is C10H14IN3O5. The predicted molar refractivity (Wildman–Crippen MR) is 73.9 cm³/mol. The number of aromatic hydroxyl groups is 1. The molecule has 1 aromatic rings. The largest absolute Gasteiger partial charge is 0.503 e. The molecule has 2 rings (SSSR count). The van der Waals surface area contributed by atoms with Gasteiger partial charge in [-0.1, -0.05) is 0 Å². The van der Waals surface area contributed by atoms with Crippen molar-refractivity contribution in [1.29, 1.82) is 0 Å². The second kappa shape index (κ2) is 6.03. The minimum absolute atomic E-state index is 0.197. The summed E-state index contributed by atoms with van der Waals surface area (Å²) in [5.74, 6) is -0.459. The Labute approximate surface area is 123 Å². The molecule has 3 atom stereocenters. The number of hydrogen-bond acceptors (Lipinski definition) is 7. The minimum atomic E-state index is -0.578. The van der Waals surface area contributed by atoms with Crippen molar-refractivity contribution >= 4 is 28.8 Å². The Hall–Kier alpha value is -0.910. The molecule has 0 aliphatic carbocycles. The lowest BCUT2D eigenvalue weighted by atomic mass is 10.2. The molecule has 1 saturated heterocycles. The third kappa shape index (κ3) is 2.99. The zero-order chi connectivity index (χ0) is 14.0. The fourth-order valence-electron chi connectivity index (χ4n) is 1.96. The van der Waals surface area contributed by atoms with Gasteiger partial charge < -0.3 is 23.4 Å². The molecule has 3 N–H and O–H groups in total. The Bertz CT molecular complexity index is 508. The molecule has 0 saturated carbocycles. The lowest BCUT2D eigenvalue weighted by Crippen LogP contribution is -2.28. The van der Waals surface area contributed by atoms with Crippen LogP contribution in [0.25, 0.3) is 0 Å². The second-order valence-electron chi connectivity index (χ2n) is 4.15. The third-order valence-corrected chi connectivity index (χ3v) is 3.55. The first-order valence-electron chi connectivity index (χ1n) is 5.56. The van der Waals surface area contributed by atoms with Gasteiger partial charge >= 0.3 is 5.69 Å². The molecule has 8 nitrogen and oxygen atoms in total. The van der Waals surface area contributed by atoms with E-state index in [-0.39, 0.29) is 23.8 Å². The van der Waals surface area contributed by atoms with Crippen molar-refractivity contribution in [2.45, 2.75) is 24.9 Å². The van der Waals surface area contributed by atoms with E-state index in [0.29, 0.717) is 13.0 Å². The molecule has 0 bridgehead atoms. The van der Waals surface area contributed by atoms with Crippen LogP contribution < -0.4 is 11.4 Å². The summed E-state index contributed by atoms with van der Waals surface area (Å²) >= 11 is 1.79. The number of nitrogens with zero attached hydrogens (tertiary/aromatic N) is 2. The minimum Gasteiger partial charge on any atom is -0.503 e. The van der Waals surface area contributed by atoms with Crippen LogP contribution >= 0.6 is 23.0 Å². The number of anilines is 1. The van der Waals surface area contributed by atoms with Crippen LogP contribution in [0.1, 0.15) is 12.6 Å². The highest BCUT2D eigenvalue weighted by molar-refractivity contribution is 14.1. The SMILES string of the molecule is COC[C@H]1O[C@@H](n2cc(O)c(N)nc2=O)CC1OI. The molecule has 9 heteroatoms. The highest BCUT2D eigenvalue weighted by atomic mass is 127. The first-order valence-corrected chi connectivity index (χ1v) is 6.44. The standard InChI is InChI=1S/C10H14IN3O5/c1-17-4-7-6(19-11)2-8(18-7)14-3-5(15)9(12)13-10(14)16/h3,6-8,15H,2,4H2,1H3,(H2,12,13,16)/t6?,7-,8-/m1/s1. The number of halogens is 1. The summed E-state index contributed by atoms with van der Waals surface area (Å²) < 4.78 is 17.2. The molecule has 1 fully saturated rings. The van der Waals surface area contributed by atoms with Crippen molar-refractivity contribution in [3.05, 3.63) is 16.7 Å². The van der Waals surface area contributed by atoms with Gasteiger partial charge in [0.05, 0.1) is 12.8 Å². The average molecular weight is 383 g/mol. The predicted octanol–water partition coefficient (Wildman–Crippen LogP) is 0.200. The Morgan fingerprint density at radius 1 is 1.74 bits per heavy atom. The molecule has 1 unspecified atom stereocenters. The zero-order valence-electron chi connectivity index (χ0n) is 10.2. The molecular weight excluding hydrogens is 369 g/mol. The molecule has 2 heterocycles.